The van der Waals surface area contributed by atoms with Crippen molar-refractivity contribution in [3.63, 3.8) is 0 Å². The molecule has 56 valence electrons. The Hall–Kier alpha value is -0.0900. The van der Waals surface area contributed by atoms with Gasteiger partial charge in [-0.15, -0.1) is 11.3 Å². The van der Waals surface area contributed by atoms with Crippen molar-refractivity contribution in [1.82, 2.24) is 5.43 Å². The van der Waals surface area contributed by atoms with E-state index in [2.05, 4.69) is 5.43 Å². The standard InChI is InChI=1S/C6H9ClN2S/c7-5-2-4-10-6(5)1-3-9-8/h2,4,9H,1,3,8H2. The fourth-order valence-electron chi connectivity index (χ4n) is 0.689. The van der Waals surface area contributed by atoms with Gasteiger partial charge in [-0.3, -0.25) is 11.3 Å². The number of halogens is 1. The Balaban J connectivity index is 2.49. The highest BCUT2D eigenvalue weighted by Gasteiger charge is 1.98. The summed E-state index contributed by atoms with van der Waals surface area (Å²) in [5, 5.41) is 2.83. The maximum absolute atomic E-state index is 5.82. The summed E-state index contributed by atoms with van der Waals surface area (Å²) in [6, 6.07) is 1.90. The van der Waals surface area contributed by atoms with Crippen LogP contribution in [0, 0.1) is 0 Å². The van der Waals surface area contributed by atoms with Gasteiger partial charge in [0, 0.05) is 11.4 Å². The van der Waals surface area contributed by atoms with Crippen molar-refractivity contribution >= 4 is 22.9 Å². The molecule has 0 unspecified atom stereocenters. The first-order valence-electron chi connectivity index (χ1n) is 3.00. The highest BCUT2D eigenvalue weighted by atomic mass is 35.5. The Labute approximate surface area is 69.0 Å². The van der Waals surface area contributed by atoms with Gasteiger partial charge in [-0.2, -0.15) is 0 Å². The molecule has 1 rings (SSSR count). The molecule has 2 nitrogen and oxygen atoms in total. The number of hydrogen-bond acceptors (Lipinski definition) is 3. The second-order valence-corrected chi connectivity index (χ2v) is 3.30. The molecule has 0 bridgehead atoms. The van der Waals surface area contributed by atoms with Gasteiger partial charge in [0.05, 0.1) is 5.02 Å². The summed E-state index contributed by atoms with van der Waals surface area (Å²) in [6.07, 6.45) is 0.910. The van der Waals surface area contributed by atoms with E-state index in [9.17, 15) is 0 Å². The Morgan fingerprint density at radius 2 is 2.50 bits per heavy atom. The van der Waals surface area contributed by atoms with E-state index in [0.29, 0.717) is 0 Å². The van der Waals surface area contributed by atoms with Gasteiger partial charge in [0.25, 0.3) is 0 Å². The molecule has 0 radical (unpaired) electrons. The fourth-order valence-corrected chi connectivity index (χ4v) is 1.82. The first-order valence-corrected chi connectivity index (χ1v) is 4.25. The largest absolute Gasteiger partial charge is 0.271 e. The fraction of sp³-hybridized carbons (Fsp3) is 0.333. The van der Waals surface area contributed by atoms with Gasteiger partial charge in [0.15, 0.2) is 0 Å². The minimum atomic E-state index is 0.778. The quantitative estimate of drug-likeness (QED) is 0.540. The van der Waals surface area contributed by atoms with Gasteiger partial charge < -0.3 is 0 Å². The lowest BCUT2D eigenvalue weighted by Gasteiger charge is -1.95. The lowest BCUT2D eigenvalue weighted by Crippen LogP contribution is -2.24. The molecule has 10 heavy (non-hydrogen) atoms. The predicted octanol–water partition coefficient (Wildman–Crippen LogP) is 1.41. The Kier molecular flexibility index (Phi) is 3.15. The SMILES string of the molecule is NNCCc1sccc1Cl. The lowest BCUT2D eigenvalue weighted by molar-refractivity contribution is 0.733. The van der Waals surface area contributed by atoms with Crippen molar-refractivity contribution in [3.05, 3.63) is 21.3 Å². The first-order chi connectivity index (χ1) is 4.84. The van der Waals surface area contributed by atoms with Gasteiger partial charge in [0.1, 0.15) is 0 Å². The normalized spacial score (nSPS) is 10.2. The van der Waals surface area contributed by atoms with Gasteiger partial charge in [-0.1, -0.05) is 11.6 Å². The monoisotopic (exact) mass is 176 g/mol. The van der Waals surface area contributed by atoms with Crippen LogP contribution < -0.4 is 11.3 Å². The third-order valence-electron chi connectivity index (χ3n) is 1.19. The molecule has 1 aromatic rings. The molecule has 0 aliphatic carbocycles. The molecular formula is C6H9ClN2S. The Morgan fingerprint density at radius 3 is 3.00 bits per heavy atom. The highest BCUT2D eigenvalue weighted by molar-refractivity contribution is 7.10. The topological polar surface area (TPSA) is 38.0 Å². The Bertz CT molecular complexity index is 199. The second kappa shape index (κ2) is 3.93. The van der Waals surface area contributed by atoms with Crippen molar-refractivity contribution in [1.29, 1.82) is 0 Å². The van der Waals surface area contributed by atoms with Crippen LogP contribution in [0.1, 0.15) is 4.88 Å². The number of nitrogens with two attached hydrogens (primary N) is 1. The number of hydrogen-bond donors (Lipinski definition) is 2. The van der Waals surface area contributed by atoms with Gasteiger partial charge in [0.2, 0.25) is 0 Å². The van der Waals surface area contributed by atoms with Crippen molar-refractivity contribution in [3.8, 4) is 0 Å². The van der Waals surface area contributed by atoms with Crippen LogP contribution in [-0.4, -0.2) is 6.54 Å². The van der Waals surface area contributed by atoms with Gasteiger partial charge in [-0.05, 0) is 17.9 Å². The van der Waals surface area contributed by atoms with E-state index >= 15 is 0 Å². The van der Waals surface area contributed by atoms with E-state index in [0.717, 1.165) is 18.0 Å². The van der Waals surface area contributed by atoms with E-state index < -0.39 is 0 Å². The van der Waals surface area contributed by atoms with E-state index in [-0.39, 0.29) is 0 Å². The van der Waals surface area contributed by atoms with Crippen molar-refractivity contribution in [2.75, 3.05) is 6.54 Å². The summed E-state index contributed by atoms with van der Waals surface area (Å²) in [4.78, 5) is 1.19. The zero-order valence-electron chi connectivity index (χ0n) is 5.43. The van der Waals surface area contributed by atoms with E-state index in [4.69, 9.17) is 17.4 Å². The van der Waals surface area contributed by atoms with E-state index in [1.54, 1.807) is 11.3 Å². The Morgan fingerprint density at radius 1 is 1.70 bits per heavy atom. The summed E-state index contributed by atoms with van der Waals surface area (Å²) in [7, 11) is 0. The molecular weight excluding hydrogens is 168 g/mol. The predicted molar refractivity (Wildman–Crippen MR) is 45.2 cm³/mol. The van der Waals surface area contributed by atoms with Crippen LogP contribution in [-0.2, 0) is 6.42 Å². The molecule has 0 amide bonds. The molecule has 0 aliphatic heterocycles. The van der Waals surface area contributed by atoms with E-state index in [1.807, 2.05) is 11.4 Å². The van der Waals surface area contributed by atoms with Gasteiger partial charge in [-0.25, -0.2) is 0 Å². The zero-order chi connectivity index (χ0) is 7.40. The molecule has 0 atom stereocenters. The third kappa shape index (κ3) is 1.95. The van der Waals surface area contributed by atoms with Gasteiger partial charge >= 0.3 is 0 Å². The number of hydrazine groups is 1. The molecule has 0 saturated heterocycles. The van der Waals surface area contributed by atoms with Crippen LogP contribution in [0.3, 0.4) is 0 Å². The summed E-state index contributed by atoms with van der Waals surface area (Å²) in [5.74, 6) is 5.11. The van der Waals surface area contributed by atoms with Crippen LogP contribution in [0.15, 0.2) is 11.4 Å². The second-order valence-electron chi connectivity index (χ2n) is 1.90. The number of nitrogens with one attached hydrogen (secondary N) is 1. The van der Waals surface area contributed by atoms with Crippen LogP contribution >= 0.6 is 22.9 Å². The van der Waals surface area contributed by atoms with Crippen molar-refractivity contribution in [2.45, 2.75) is 6.42 Å². The van der Waals surface area contributed by atoms with E-state index in [1.165, 1.54) is 4.88 Å². The highest BCUT2D eigenvalue weighted by Crippen LogP contribution is 2.21. The molecule has 0 saturated carbocycles. The molecule has 0 aliphatic rings. The van der Waals surface area contributed by atoms with Crippen LogP contribution in [0.5, 0.6) is 0 Å². The summed E-state index contributed by atoms with van der Waals surface area (Å²) >= 11 is 7.48. The number of thiophene rings is 1. The maximum atomic E-state index is 5.82. The number of rotatable bonds is 3. The average Bonchev–Trinajstić information content (AvgIpc) is 2.31. The minimum Gasteiger partial charge on any atom is -0.271 e. The molecule has 4 heteroatoms. The zero-order valence-corrected chi connectivity index (χ0v) is 7.00. The lowest BCUT2D eigenvalue weighted by atomic mass is 10.3. The van der Waals surface area contributed by atoms with Crippen molar-refractivity contribution in [2.24, 2.45) is 5.84 Å². The first kappa shape index (κ1) is 8.01. The molecule has 1 aromatic heterocycles. The summed E-state index contributed by atoms with van der Waals surface area (Å²) in [5.41, 5.74) is 2.58. The minimum absolute atomic E-state index is 0.778. The van der Waals surface area contributed by atoms with Crippen LogP contribution in [0.2, 0.25) is 5.02 Å². The molecule has 0 aromatic carbocycles. The molecule has 0 fully saturated rings. The smallest absolute Gasteiger partial charge is 0.0545 e. The summed E-state index contributed by atoms with van der Waals surface area (Å²) < 4.78 is 0. The maximum Gasteiger partial charge on any atom is 0.0545 e. The molecule has 1 heterocycles. The molecule has 0 spiro atoms. The van der Waals surface area contributed by atoms with Crippen LogP contribution in [0.4, 0.5) is 0 Å². The third-order valence-corrected chi connectivity index (χ3v) is 2.63. The average molecular weight is 177 g/mol. The molecule has 3 N–H and O–H groups in total. The van der Waals surface area contributed by atoms with Crippen molar-refractivity contribution < 1.29 is 0 Å². The summed E-state index contributed by atoms with van der Waals surface area (Å²) in [6.45, 7) is 0.778. The van der Waals surface area contributed by atoms with Crippen LogP contribution in [0.25, 0.3) is 0 Å².